The summed E-state index contributed by atoms with van der Waals surface area (Å²) in [5.74, 6) is -0.189. The summed E-state index contributed by atoms with van der Waals surface area (Å²) in [5, 5.41) is 0. The van der Waals surface area contributed by atoms with Crippen molar-refractivity contribution >= 4 is 9.84 Å². The first kappa shape index (κ1) is 20.5. The van der Waals surface area contributed by atoms with Crippen molar-refractivity contribution in [3.63, 3.8) is 0 Å². The molecule has 0 fully saturated rings. The Morgan fingerprint density at radius 3 is 2.15 bits per heavy atom. The van der Waals surface area contributed by atoms with Crippen molar-refractivity contribution in [3.05, 3.63) is 65.2 Å². The fourth-order valence-corrected chi connectivity index (χ4v) is 3.73. The van der Waals surface area contributed by atoms with Crippen LogP contribution in [0.3, 0.4) is 0 Å². The summed E-state index contributed by atoms with van der Waals surface area (Å²) in [6.45, 7) is 3.76. The van der Waals surface area contributed by atoms with Crippen molar-refractivity contribution in [1.82, 2.24) is 0 Å². The van der Waals surface area contributed by atoms with E-state index in [1.54, 1.807) is 31.2 Å². The van der Waals surface area contributed by atoms with Gasteiger partial charge < -0.3 is 0 Å². The van der Waals surface area contributed by atoms with Crippen LogP contribution >= 0.6 is 0 Å². The van der Waals surface area contributed by atoms with Crippen molar-refractivity contribution in [3.8, 4) is 0 Å². The molecule has 0 saturated heterocycles. The summed E-state index contributed by atoms with van der Waals surface area (Å²) >= 11 is 0. The van der Waals surface area contributed by atoms with Crippen LogP contribution in [0.1, 0.15) is 55.2 Å². The van der Waals surface area contributed by atoms with Gasteiger partial charge >= 0.3 is 6.18 Å². The van der Waals surface area contributed by atoms with Gasteiger partial charge in [-0.05, 0) is 54.0 Å². The minimum absolute atomic E-state index is 0.0530. The highest BCUT2D eigenvalue weighted by molar-refractivity contribution is 7.90. The topological polar surface area (TPSA) is 34.1 Å². The standard InChI is InChI=1S/C20H23F3O2S/c1-14(16-7-6-8-17(13-16)26(3,24)25)11-12-15(2)18-9-4-5-10-19(18)20(21,22)23/h4-10,13-15H,11-12H2,1-3H3. The van der Waals surface area contributed by atoms with E-state index in [4.69, 9.17) is 0 Å². The van der Waals surface area contributed by atoms with E-state index in [-0.39, 0.29) is 16.7 Å². The number of hydrogen-bond acceptors (Lipinski definition) is 2. The highest BCUT2D eigenvalue weighted by atomic mass is 32.2. The molecule has 26 heavy (non-hydrogen) atoms. The normalized spacial score (nSPS) is 14.8. The zero-order valence-electron chi connectivity index (χ0n) is 15.0. The maximum Gasteiger partial charge on any atom is 0.416 e. The van der Waals surface area contributed by atoms with Crippen LogP contribution in [0.5, 0.6) is 0 Å². The number of halogens is 3. The maximum atomic E-state index is 13.2. The summed E-state index contributed by atoms with van der Waals surface area (Å²) in [7, 11) is -3.28. The van der Waals surface area contributed by atoms with E-state index in [9.17, 15) is 21.6 Å². The van der Waals surface area contributed by atoms with Gasteiger partial charge in [0.1, 0.15) is 0 Å². The molecular weight excluding hydrogens is 361 g/mol. The first-order chi connectivity index (χ1) is 12.0. The van der Waals surface area contributed by atoms with E-state index in [2.05, 4.69) is 0 Å². The quantitative estimate of drug-likeness (QED) is 0.631. The molecule has 0 amide bonds. The highest BCUT2D eigenvalue weighted by Gasteiger charge is 2.34. The van der Waals surface area contributed by atoms with Crippen LogP contribution in [0.2, 0.25) is 0 Å². The fourth-order valence-electron chi connectivity index (χ4n) is 3.06. The van der Waals surface area contributed by atoms with Crippen molar-refractivity contribution in [2.24, 2.45) is 0 Å². The molecular formula is C20H23F3O2S. The molecule has 0 aromatic heterocycles. The third-order valence-corrected chi connectivity index (χ3v) is 5.80. The molecule has 0 N–H and O–H groups in total. The molecule has 142 valence electrons. The van der Waals surface area contributed by atoms with Gasteiger partial charge in [0.25, 0.3) is 0 Å². The minimum Gasteiger partial charge on any atom is -0.224 e. The van der Waals surface area contributed by atoms with E-state index in [1.165, 1.54) is 12.1 Å². The average molecular weight is 384 g/mol. The van der Waals surface area contributed by atoms with Crippen LogP contribution < -0.4 is 0 Å². The van der Waals surface area contributed by atoms with Gasteiger partial charge in [0.05, 0.1) is 10.5 Å². The summed E-state index contributed by atoms with van der Waals surface area (Å²) < 4.78 is 62.9. The maximum absolute atomic E-state index is 13.2. The summed E-state index contributed by atoms with van der Waals surface area (Å²) in [5.41, 5.74) is 0.598. The van der Waals surface area contributed by atoms with E-state index < -0.39 is 21.6 Å². The molecule has 0 aliphatic rings. The lowest BCUT2D eigenvalue weighted by Gasteiger charge is -2.20. The molecule has 0 bridgehead atoms. The van der Waals surface area contributed by atoms with Crippen LogP contribution in [-0.2, 0) is 16.0 Å². The zero-order valence-corrected chi connectivity index (χ0v) is 15.9. The van der Waals surface area contributed by atoms with Gasteiger partial charge in [-0.1, -0.05) is 44.2 Å². The predicted octanol–water partition coefficient (Wildman–Crippen LogP) is 5.80. The average Bonchev–Trinajstić information content (AvgIpc) is 2.58. The lowest BCUT2D eigenvalue weighted by Crippen LogP contribution is -2.11. The number of alkyl halides is 3. The molecule has 0 saturated carbocycles. The Bertz CT molecular complexity index is 857. The van der Waals surface area contributed by atoms with Crippen molar-refractivity contribution in [2.75, 3.05) is 6.26 Å². The lowest BCUT2D eigenvalue weighted by molar-refractivity contribution is -0.138. The molecule has 0 aliphatic carbocycles. The van der Waals surface area contributed by atoms with Crippen LogP contribution in [0.4, 0.5) is 13.2 Å². The second-order valence-corrected chi connectivity index (χ2v) is 8.82. The third-order valence-electron chi connectivity index (χ3n) is 4.69. The molecule has 2 unspecified atom stereocenters. The zero-order chi connectivity index (χ0) is 19.5. The SMILES string of the molecule is CC(CCC(C)c1ccccc1C(F)(F)F)c1cccc(S(C)(=O)=O)c1. The van der Waals surface area contributed by atoms with Crippen LogP contribution in [0.15, 0.2) is 53.4 Å². The van der Waals surface area contributed by atoms with Crippen LogP contribution in [-0.4, -0.2) is 14.7 Å². The molecule has 0 aliphatic heterocycles. The molecule has 2 aromatic carbocycles. The molecule has 0 radical (unpaired) electrons. The summed E-state index contributed by atoms with van der Waals surface area (Å²) in [4.78, 5) is 0.261. The van der Waals surface area contributed by atoms with Gasteiger partial charge in [0.15, 0.2) is 9.84 Å². The van der Waals surface area contributed by atoms with Gasteiger partial charge in [0, 0.05) is 6.26 Å². The monoisotopic (exact) mass is 384 g/mol. The second kappa shape index (κ2) is 7.82. The molecule has 6 heteroatoms. The Kier molecular flexibility index (Phi) is 6.17. The van der Waals surface area contributed by atoms with Gasteiger partial charge in [-0.15, -0.1) is 0 Å². The Morgan fingerprint density at radius 1 is 0.923 bits per heavy atom. The Hall–Kier alpha value is -1.82. The van der Waals surface area contributed by atoms with E-state index in [0.29, 0.717) is 18.4 Å². The molecule has 2 rings (SSSR count). The largest absolute Gasteiger partial charge is 0.416 e. The van der Waals surface area contributed by atoms with Gasteiger partial charge in [0.2, 0.25) is 0 Å². The Balaban J connectivity index is 2.12. The van der Waals surface area contributed by atoms with Gasteiger partial charge in [-0.3, -0.25) is 0 Å². The van der Waals surface area contributed by atoms with E-state index in [1.807, 2.05) is 13.0 Å². The molecule has 2 atom stereocenters. The second-order valence-electron chi connectivity index (χ2n) is 6.81. The van der Waals surface area contributed by atoms with Crippen molar-refractivity contribution < 1.29 is 21.6 Å². The van der Waals surface area contributed by atoms with Crippen molar-refractivity contribution in [1.29, 1.82) is 0 Å². The number of rotatable bonds is 6. The van der Waals surface area contributed by atoms with Crippen molar-refractivity contribution in [2.45, 2.75) is 49.6 Å². The highest BCUT2D eigenvalue weighted by Crippen LogP contribution is 2.37. The molecule has 2 aromatic rings. The van der Waals surface area contributed by atoms with E-state index >= 15 is 0 Å². The molecule has 0 spiro atoms. The first-order valence-electron chi connectivity index (χ1n) is 8.46. The number of hydrogen-bond donors (Lipinski definition) is 0. The predicted molar refractivity (Wildman–Crippen MR) is 97.1 cm³/mol. The summed E-state index contributed by atoms with van der Waals surface area (Å²) in [6.07, 6.45) is -1.95. The van der Waals surface area contributed by atoms with Crippen LogP contribution in [0, 0.1) is 0 Å². The number of sulfone groups is 1. The Morgan fingerprint density at radius 2 is 1.54 bits per heavy atom. The number of benzene rings is 2. The van der Waals surface area contributed by atoms with E-state index in [0.717, 1.165) is 17.9 Å². The lowest BCUT2D eigenvalue weighted by atomic mass is 9.87. The van der Waals surface area contributed by atoms with Gasteiger partial charge in [-0.2, -0.15) is 13.2 Å². The van der Waals surface area contributed by atoms with Gasteiger partial charge in [-0.25, -0.2) is 8.42 Å². The Labute approximate surface area is 153 Å². The third kappa shape index (κ3) is 5.10. The first-order valence-corrected chi connectivity index (χ1v) is 10.4. The minimum atomic E-state index is -4.36. The molecule has 0 heterocycles. The smallest absolute Gasteiger partial charge is 0.224 e. The fraction of sp³-hybridized carbons (Fsp3) is 0.400. The molecule has 2 nitrogen and oxygen atoms in total. The summed E-state index contributed by atoms with van der Waals surface area (Å²) in [6, 6.07) is 12.4. The van der Waals surface area contributed by atoms with Crippen LogP contribution in [0.25, 0.3) is 0 Å².